The molecule has 0 saturated heterocycles. The third kappa shape index (κ3) is 4.87. The van der Waals surface area contributed by atoms with Gasteiger partial charge in [0.05, 0.1) is 12.1 Å². The van der Waals surface area contributed by atoms with Gasteiger partial charge in [0.2, 0.25) is 5.88 Å². The van der Waals surface area contributed by atoms with Crippen molar-refractivity contribution in [3.05, 3.63) is 88.4 Å². The second kappa shape index (κ2) is 9.20. The van der Waals surface area contributed by atoms with Crippen molar-refractivity contribution in [1.82, 2.24) is 4.57 Å². The molecule has 3 aromatic carbocycles. The van der Waals surface area contributed by atoms with E-state index in [1.165, 1.54) is 0 Å². The Morgan fingerprint density at radius 2 is 1.74 bits per heavy atom. The van der Waals surface area contributed by atoms with Crippen molar-refractivity contribution >= 4 is 45.7 Å². The monoisotopic (exact) mass is 453 g/mol. The van der Waals surface area contributed by atoms with Gasteiger partial charge in [-0.1, -0.05) is 59.6 Å². The zero-order chi connectivity index (χ0) is 21.8. The molecule has 1 aromatic heterocycles. The fourth-order valence-corrected chi connectivity index (χ4v) is 3.45. The number of benzene rings is 3. The van der Waals surface area contributed by atoms with E-state index in [4.69, 9.17) is 27.9 Å². The molecule has 6 nitrogen and oxygen atoms in total. The topological polar surface area (TPSA) is 76.2 Å². The molecule has 0 saturated carbocycles. The average molecular weight is 454 g/mol. The Bertz CT molecular complexity index is 1270. The molecule has 0 aliphatic heterocycles. The summed E-state index contributed by atoms with van der Waals surface area (Å²) in [4.78, 5) is 12.1. The maximum Gasteiger partial charge on any atom is 0.302 e. The largest absolute Gasteiger partial charge is 0.493 e. The van der Waals surface area contributed by atoms with Crippen LogP contribution in [0, 0.1) is 0 Å². The quantitative estimate of drug-likeness (QED) is 0.343. The van der Waals surface area contributed by atoms with Crippen LogP contribution in [-0.2, 0) is 11.3 Å². The molecule has 0 atom stereocenters. The minimum Gasteiger partial charge on any atom is -0.493 e. The van der Waals surface area contributed by atoms with Crippen LogP contribution >= 0.6 is 23.2 Å². The summed E-state index contributed by atoms with van der Waals surface area (Å²) in [6.07, 6.45) is 0. The van der Waals surface area contributed by atoms with E-state index in [0.717, 1.165) is 11.1 Å². The third-order valence-corrected chi connectivity index (χ3v) is 5.08. The zero-order valence-corrected chi connectivity index (χ0v) is 17.7. The first-order valence-electron chi connectivity index (χ1n) is 9.39. The van der Waals surface area contributed by atoms with Gasteiger partial charge >= 0.3 is 5.91 Å². The highest BCUT2D eigenvalue weighted by molar-refractivity contribution is 6.30. The summed E-state index contributed by atoms with van der Waals surface area (Å²) in [6, 6.07) is 21.4. The van der Waals surface area contributed by atoms with Gasteiger partial charge in [0, 0.05) is 15.4 Å². The minimum atomic E-state index is -0.589. The van der Waals surface area contributed by atoms with Crippen molar-refractivity contribution in [2.75, 3.05) is 6.61 Å². The van der Waals surface area contributed by atoms with Gasteiger partial charge < -0.3 is 14.4 Å². The Labute approximate surface area is 188 Å². The van der Waals surface area contributed by atoms with Crippen LogP contribution in [0.5, 0.6) is 11.6 Å². The second-order valence-electron chi connectivity index (χ2n) is 6.74. The standard InChI is InChI=1S/C23H17Cl2N3O3/c24-16-10-8-15(9-11-16)13-28-20-7-2-1-6-19(20)22(23(28)30)27-26-21(29)14-31-18-5-3-4-17(25)12-18/h1-12,30H,13-14H2. The summed E-state index contributed by atoms with van der Waals surface area (Å²) in [5, 5.41) is 20.4. The van der Waals surface area contributed by atoms with Crippen LogP contribution in [0.1, 0.15) is 5.56 Å². The van der Waals surface area contributed by atoms with E-state index in [1.54, 1.807) is 41.0 Å². The summed E-state index contributed by atoms with van der Waals surface area (Å²) >= 11 is 11.9. The lowest BCUT2D eigenvalue weighted by Crippen LogP contribution is -2.07. The lowest BCUT2D eigenvalue weighted by Gasteiger charge is -2.07. The predicted octanol–water partition coefficient (Wildman–Crippen LogP) is 6.39. The maximum atomic E-state index is 12.1. The van der Waals surface area contributed by atoms with Crippen molar-refractivity contribution in [2.24, 2.45) is 10.2 Å². The molecule has 0 spiro atoms. The van der Waals surface area contributed by atoms with E-state index in [-0.39, 0.29) is 18.2 Å². The normalized spacial score (nSPS) is 11.3. The maximum absolute atomic E-state index is 12.1. The fourth-order valence-electron chi connectivity index (χ4n) is 3.14. The summed E-state index contributed by atoms with van der Waals surface area (Å²) < 4.78 is 7.09. The number of azo groups is 1. The van der Waals surface area contributed by atoms with Gasteiger partial charge in [-0.3, -0.25) is 4.79 Å². The number of aromatic hydroxyl groups is 1. The van der Waals surface area contributed by atoms with Crippen LogP contribution in [0.25, 0.3) is 10.9 Å². The molecular weight excluding hydrogens is 437 g/mol. The van der Waals surface area contributed by atoms with Crippen LogP contribution in [0.15, 0.2) is 83.0 Å². The Kier molecular flexibility index (Phi) is 6.21. The Morgan fingerprint density at radius 1 is 0.968 bits per heavy atom. The number of carbonyl (C=O) groups is 1. The summed E-state index contributed by atoms with van der Waals surface area (Å²) in [5.74, 6) is -0.212. The van der Waals surface area contributed by atoms with E-state index >= 15 is 0 Å². The van der Waals surface area contributed by atoms with Crippen LogP contribution in [0.4, 0.5) is 5.69 Å². The molecule has 4 rings (SSSR count). The third-order valence-electron chi connectivity index (χ3n) is 4.59. The van der Waals surface area contributed by atoms with Gasteiger partial charge in [-0.05, 0) is 42.0 Å². The number of nitrogens with zero attached hydrogens (tertiary/aromatic N) is 3. The smallest absolute Gasteiger partial charge is 0.302 e. The molecule has 0 fully saturated rings. The van der Waals surface area contributed by atoms with E-state index in [9.17, 15) is 9.90 Å². The van der Waals surface area contributed by atoms with Gasteiger partial charge in [0.1, 0.15) is 5.75 Å². The summed E-state index contributed by atoms with van der Waals surface area (Å²) in [7, 11) is 0. The van der Waals surface area contributed by atoms with Crippen LogP contribution in [0.3, 0.4) is 0 Å². The number of para-hydroxylation sites is 1. The highest BCUT2D eigenvalue weighted by Crippen LogP contribution is 2.39. The summed E-state index contributed by atoms with van der Waals surface area (Å²) in [6.45, 7) is 0.110. The number of aromatic nitrogens is 1. The molecule has 156 valence electrons. The fraction of sp³-hybridized carbons (Fsp3) is 0.0870. The van der Waals surface area contributed by atoms with Crippen LogP contribution in [0.2, 0.25) is 10.0 Å². The summed E-state index contributed by atoms with van der Waals surface area (Å²) in [5.41, 5.74) is 1.95. The molecular formula is C23H17Cl2N3O3. The van der Waals surface area contributed by atoms with Crippen molar-refractivity contribution in [3.63, 3.8) is 0 Å². The molecule has 31 heavy (non-hydrogen) atoms. The molecule has 1 amide bonds. The van der Waals surface area contributed by atoms with E-state index in [2.05, 4.69) is 10.2 Å². The highest BCUT2D eigenvalue weighted by atomic mass is 35.5. The second-order valence-corrected chi connectivity index (χ2v) is 7.61. The van der Waals surface area contributed by atoms with Crippen molar-refractivity contribution in [3.8, 4) is 11.6 Å². The molecule has 0 radical (unpaired) electrons. The number of ether oxygens (including phenoxy) is 1. The lowest BCUT2D eigenvalue weighted by molar-refractivity contribution is -0.120. The van der Waals surface area contributed by atoms with Gasteiger partial charge in [0.25, 0.3) is 0 Å². The first kappa shape index (κ1) is 20.9. The average Bonchev–Trinajstić information content (AvgIpc) is 3.03. The molecule has 0 bridgehead atoms. The number of amides is 1. The molecule has 1 N–H and O–H groups in total. The number of fused-ring (bicyclic) bond motifs is 1. The van der Waals surface area contributed by atoms with E-state index < -0.39 is 5.91 Å². The Morgan fingerprint density at radius 3 is 2.52 bits per heavy atom. The first-order chi connectivity index (χ1) is 15.0. The van der Waals surface area contributed by atoms with Gasteiger partial charge in [-0.25, -0.2) is 0 Å². The van der Waals surface area contributed by atoms with Crippen molar-refractivity contribution in [1.29, 1.82) is 0 Å². The van der Waals surface area contributed by atoms with Crippen LogP contribution < -0.4 is 4.74 Å². The highest BCUT2D eigenvalue weighted by Gasteiger charge is 2.17. The number of halogens is 2. The van der Waals surface area contributed by atoms with Crippen molar-refractivity contribution < 1.29 is 14.6 Å². The predicted molar refractivity (Wildman–Crippen MR) is 121 cm³/mol. The van der Waals surface area contributed by atoms with Gasteiger partial charge in [-0.15, -0.1) is 10.2 Å². The molecule has 1 heterocycles. The molecule has 0 aliphatic rings. The number of carbonyl (C=O) groups excluding carboxylic acids is 1. The van der Waals surface area contributed by atoms with E-state index in [1.807, 2.05) is 36.4 Å². The molecule has 4 aromatic rings. The SMILES string of the molecule is O=C(COc1cccc(Cl)c1)N=Nc1c(O)n(Cc2ccc(Cl)cc2)c2ccccc12. The molecule has 0 unspecified atom stereocenters. The molecule has 0 aliphatic carbocycles. The Hall–Kier alpha value is -3.35. The van der Waals surface area contributed by atoms with E-state index in [0.29, 0.717) is 27.7 Å². The van der Waals surface area contributed by atoms with Gasteiger partial charge in [-0.2, -0.15) is 0 Å². The van der Waals surface area contributed by atoms with Gasteiger partial charge in [0.15, 0.2) is 12.3 Å². The number of rotatable bonds is 6. The Balaban J connectivity index is 1.56. The van der Waals surface area contributed by atoms with Crippen molar-refractivity contribution in [2.45, 2.75) is 6.54 Å². The number of hydrogen-bond donors (Lipinski definition) is 1. The number of hydrogen-bond acceptors (Lipinski definition) is 4. The van der Waals surface area contributed by atoms with Crippen LogP contribution in [-0.4, -0.2) is 22.2 Å². The first-order valence-corrected chi connectivity index (χ1v) is 10.1. The lowest BCUT2D eigenvalue weighted by atomic mass is 10.2. The zero-order valence-electron chi connectivity index (χ0n) is 16.2. The minimum absolute atomic E-state index is 0.0801. The molecule has 8 heteroatoms.